The molecular formula is C17H19N. The van der Waals surface area contributed by atoms with Crippen molar-refractivity contribution in [1.29, 1.82) is 0 Å². The molecule has 0 amide bonds. The monoisotopic (exact) mass is 237 g/mol. The molecule has 1 atom stereocenters. The zero-order valence-electron chi connectivity index (χ0n) is 10.9. The zero-order chi connectivity index (χ0) is 12.4. The quantitative estimate of drug-likeness (QED) is 0.738. The van der Waals surface area contributed by atoms with E-state index in [0.717, 1.165) is 25.8 Å². The summed E-state index contributed by atoms with van der Waals surface area (Å²) in [6.07, 6.45) is 12.2. The van der Waals surface area contributed by atoms with Gasteiger partial charge in [0.15, 0.2) is 0 Å². The molecule has 3 rings (SSSR count). The fourth-order valence-electron chi connectivity index (χ4n) is 3.04. The SMILES string of the molecule is CCC1(C2=NCCc3ccccc32)C=CC=CC1. The van der Waals surface area contributed by atoms with Gasteiger partial charge >= 0.3 is 0 Å². The Morgan fingerprint density at radius 1 is 1.22 bits per heavy atom. The van der Waals surface area contributed by atoms with Crippen LogP contribution in [-0.2, 0) is 6.42 Å². The van der Waals surface area contributed by atoms with Crippen LogP contribution in [0.15, 0.2) is 53.6 Å². The first-order valence-corrected chi connectivity index (χ1v) is 6.83. The maximum absolute atomic E-state index is 4.87. The van der Waals surface area contributed by atoms with Gasteiger partial charge in [-0.15, -0.1) is 0 Å². The minimum atomic E-state index is 0.116. The van der Waals surface area contributed by atoms with Crippen LogP contribution in [0.4, 0.5) is 0 Å². The van der Waals surface area contributed by atoms with Gasteiger partial charge in [-0.25, -0.2) is 0 Å². The molecule has 0 saturated carbocycles. The Morgan fingerprint density at radius 2 is 2.11 bits per heavy atom. The van der Waals surface area contributed by atoms with Crippen LogP contribution < -0.4 is 0 Å². The van der Waals surface area contributed by atoms with Gasteiger partial charge in [0.2, 0.25) is 0 Å². The summed E-state index contributed by atoms with van der Waals surface area (Å²) in [4.78, 5) is 4.87. The van der Waals surface area contributed by atoms with Crippen molar-refractivity contribution in [2.75, 3.05) is 6.54 Å². The average molecular weight is 237 g/mol. The lowest BCUT2D eigenvalue weighted by Gasteiger charge is -2.34. The number of nitrogens with zero attached hydrogens (tertiary/aromatic N) is 1. The Hall–Kier alpha value is -1.63. The van der Waals surface area contributed by atoms with Crippen molar-refractivity contribution in [2.24, 2.45) is 10.4 Å². The molecule has 1 heteroatoms. The highest BCUT2D eigenvalue weighted by molar-refractivity contribution is 6.07. The van der Waals surface area contributed by atoms with Crippen molar-refractivity contribution in [3.8, 4) is 0 Å². The lowest BCUT2D eigenvalue weighted by atomic mass is 9.71. The molecule has 0 radical (unpaired) electrons. The molecule has 2 aliphatic rings. The van der Waals surface area contributed by atoms with Crippen LogP contribution >= 0.6 is 0 Å². The summed E-state index contributed by atoms with van der Waals surface area (Å²) in [5, 5.41) is 0. The van der Waals surface area contributed by atoms with Crippen molar-refractivity contribution >= 4 is 5.71 Å². The van der Waals surface area contributed by atoms with Gasteiger partial charge in [0, 0.05) is 12.0 Å². The van der Waals surface area contributed by atoms with Gasteiger partial charge < -0.3 is 0 Å². The highest BCUT2D eigenvalue weighted by Gasteiger charge is 2.34. The minimum absolute atomic E-state index is 0.116. The smallest absolute Gasteiger partial charge is 0.0526 e. The van der Waals surface area contributed by atoms with E-state index in [1.165, 1.54) is 16.8 Å². The molecule has 1 aliphatic carbocycles. The van der Waals surface area contributed by atoms with Crippen LogP contribution in [0.5, 0.6) is 0 Å². The van der Waals surface area contributed by atoms with Gasteiger partial charge in [-0.1, -0.05) is 55.5 Å². The zero-order valence-corrected chi connectivity index (χ0v) is 10.9. The predicted octanol–water partition coefficient (Wildman–Crippen LogP) is 3.94. The summed E-state index contributed by atoms with van der Waals surface area (Å²) in [7, 11) is 0. The van der Waals surface area contributed by atoms with E-state index in [0.29, 0.717) is 0 Å². The summed E-state index contributed by atoms with van der Waals surface area (Å²) in [6, 6.07) is 8.75. The van der Waals surface area contributed by atoms with E-state index < -0.39 is 0 Å². The molecule has 0 aromatic heterocycles. The standard InChI is InChI=1S/C17H19N/c1-2-17(11-6-3-7-12-17)16-15-9-5-4-8-14(15)10-13-18-16/h3-9,11H,2,10,12-13H2,1H3. The number of allylic oxidation sites excluding steroid dienone is 4. The van der Waals surface area contributed by atoms with Crippen LogP contribution in [-0.4, -0.2) is 12.3 Å². The Balaban J connectivity index is 2.09. The molecule has 1 nitrogen and oxygen atoms in total. The van der Waals surface area contributed by atoms with Crippen molar-refractivity contribution < 1.29 is 0 Å². The number of rotatable bonds is 2. The first-order valence-electron chi connectivity index (χ1n) is 6.83. The van der Waals surface area contributed by atoms with Crippen molar-refractivity contribution in [3.05, 3.63) is 59.7 Å². The highest BCUT2D eigenvalue weighted by Crippen LogP contribution is 2.38. The van der Waals surface area contributed by atoms with E-state index in [4.69, 9.17) is 4.99 Å². The van der Waals surface area contributed by atoms with E-state index in [1.54, 1.807) is 0 Å². The van der Waals surface area contributed by atoms with Crippen molar-refractivity contribution in [2.45, 2.75) is 26.2 Å². The minimum Gasteiger partial charge on any atom is -0.288 e. The second-order valence-corrected chi connectivity index (χ2v) is 5.14. The summed E-state index contributed by atoms with van der Waals surface area (Å²) in [5.74, 6) is 0. The number of fused-ring (bicyclic) bond motifs is 1. The largest absolute Gasteiger partial charge is 0.288 e. The van der Waals surface area contributed by atoms with Crippen LogP contribution in [0.1, 0.15) is 30.9 Å². The molecule has 1 aromatic carbocycles. The number of aliphatic imine (C=N–C) groups is 1. The Morgan fingerprint density at radius 3 is 2.89 bits per heavy atom. The molecular weight excluding hydrogens is 218 g/mol. The Bertz CT molecular complexity index is 536. The summed E-state index contributed by atoms with van der Waals surface area (Å²) in [6.45, 7) is 3.20. The van der Waals surface area contributed by atoms with E-state index >= 15 is 0 Å². The molecule has 1 heterocycles. The van der Waals surface area contributed by atoms with Gasteiger partial charge in [0.05, 0.1) is 5.71 Å². The average Bonchev–Trinajstić information content (AvgIpc) is 2.47. The third-order valence-electron chi connectivity index (χ3n) is 4.17. The molecule has 0 bridgehead atoms. The maximum atomic E-state index is 4.87. The molecule has 18 heavy (non-hydrogen) atoms. The lowest BCUT2D eigenvalue weighted by Crippen LogP contribution is -2.32. The van der Waals surface area contributed by atoms with Gasteiger partial charge in [0.1, 0.15) is 0 Å². The molecule has 0 N–H and O–H groups in total. The first kappa shape index (κ1) is 11.5. The van der Waals surface area contributed by atoms with Crippen molar-refractivity contribution in [1.82, 2.24) is 0 Å². The third kappa shape index (κ3) is 1.74. The van der Waals surface area contributed by atoms with E-state index in [-0.39, 0.29) is 5.41 Å². The third-order valence-corrected chi connectivity index (χ3v) is 4.17. The van der Waals surface area contributed by atoms with Crippen LogP contribution in [0.3, 0.4) is 0 Å². The molecule has 92 valence electrons. The van der Waals surface area contributed by atoms with Crippen LogP contribution in [0.25, 0.3) is 0 Å². The molecule has 0 spiro atoms. The first-order chi connectivity index (χ1) is 8.86. The molecule has 1 aliphatic heterocycles. The number of hydrogen-bond acceptors (Lipinski definition) is 1. The molecule has 1 unspecified atom stereocenters. The Labute approximate surface area is 109 Å². The van der Waals surface area contributed by atoms with E-state index in [2.05, 4.69) is 55.5 Å². The van der Waals surface area contributed by atoms with Gasteiger partial charge in [-0.3, -0.25) is 4.99 Å². The van der Waals surface area contributed by atoms with Gasteiger partial charge in [-0.2, -0.15) is 0 Å². The molecule has 1 aromatic rings. The molecule has 0 saturated heterocycles. The normalized spacial score (nSPS) is 25.7. The Kier molecular flexibility index (Phi) is 2.91. The lowest BCUT2D eigenvalue weighted by molar-refractivity contribution is 0.512. The van der Waals surface area contributed by atoms with E-state index in [1.807, 2.05) is 0 Å². The summed E-state index contributed by atoms with van der Waals surface area (Å²) < 4.78 is 0. The van der Waals surface area contributed by atoms with E-state index in [9.17, 15) is 0 Å². The molecule has 0 fully saturated rings. The predicted molar refractivity (Wildman–Crippen MR) is 77.2 cm³/mol. The summed E-state index contributed by atoms with van der Waals surface area (Å²) in [5.41, 5.74) is 4.24. The van der Waals surface area contributed by atoms with Crippen LogP contribution in [0.2, 0.25) is 0 Å². The van der Waals surface area contributed by atoms with Gasteiger partial charge in [0.25, 0.3) is 0 Å². The highest BCUT2D eigenvalue weighted by atomic mass is 14.8. The van der Waals surface area contributed by atoms with Gasteiger partial charge in [-0.05, 0) is 30.4 Å². The second kappa shape index (κ2) is 4.56. The maximum Gasteiger partial charge on any atom is 0.0526 e. The number of hydrogen-bond donors (Lipinski definition) is 0. The topological polar surface area (TPSA) is 12.4 Å². The van der Waals surface area contributed by atoms with Crippen LogP contribution in [0, 0.1) is 5.41 Å². The fourth-order valence-corrected chi connectivity index (χ4v) is 3.04. The summed E-state index contributed by atoms with van der Waals surface area (Å²) >= 11 is 0. The van der Waals surface area contributed by atoms with Crippen molar-refractivity contribution in [3.63, 3.8) is 0 Å². The number of benzene rings is 1. The fraction of sp³-hybridized carbons (Fsp3) is 0.353. The second-order valence-electron chi connectivity index (χ2n) is 5.14.